The summed E-state index contributed by atoms with van der Waals surface area (Å²) in [4.78, 5) is -0.684. The molecule has 3 atom stereocenters. The minimum Gasteiger partial charge on any atom is -0.367 e. The van der Waals surface area contributed by atoms with Gasteiger partial charge >= 0.3 is 23.7 Å². The number of hydrogen-bond donors (Lipinski definition) is 2. The van der Waals surface area contributed by atoms with Gasteiger partial charge in [-0.05, 0) is 7.05 Å². The molecule has 0 saturated heterocycles. The van der Waals surface area contributed by atoms with E-state index in [0.29, 0.717) is 0 Å². The van der Waals surface area contributed by atoms with Crippen molar-refractivity contribution in [3.8, 4) is 0 Å². The average Bonchev–Trinajstić information content (AvgIpc) is 2.50. The highest BCUT2D eigenvalue weighted by atomic mass is 127. The Morgan fingerprint density at radius 1 is 0.750 bits per heavy atom. The Hall–Kier alpha value is -0.300. The Morgan fingerprint density at radius 2 is 1.11 bits per heavy atom. The van der Waals surface area contributed by atoms with E-state index in [-0.39, 0.29) is 31.0 Å². The van der Waals surface area contributed by atoms with E-state index in [1.54, 1.807) is 0 Å². The van der Waals surface area contributed by atoms with Crippen LogP contribution in [0.3, 0.4) is 0 Å². The average molecular weight is 565 g/mol. The molecule has 0 aromatic carbocycles. The molecule has 172 valence electrons. The summed E-state index contributed by atoms with van der Waals surface area (Å²) in [6.07, 6.45) is -22.0. The van der Waals surface area contributed by atoms with Gasteiger partial charge in [0, 0.05) is 0 Å². The number of aliphatic hydroxyl groups is 2. The van der Waals surface area contributed by atoms with Crippen molar-refractivity contribution in [3.63, 3.8) is 0 Å². The summed E-state index contributed by atoms with van der Waals surface area (Å²) >= 11 is 0. The molecular weight excluding hydrogens is 552 g/mol. The lowest BCUT2D eigenvalue weighted by Gasteiger charge is -2.40. The molecule has 17 heteroatoms. The van der Waals surface area contributed by atoms with Gasteiger partial charge in [-0.2, -0.15) is 35.1 Å². The van der Waals surface area contributed by atoms with Crippen LogP contribution in [-0.2, 0) is 0 Å². The van der Waals surface area contributed by atoms with Crippen LogP contribution in [0, 0.1) is 0 Å². The van der Waals surface area contributed by atoms with Crippen molar-refractivity contribution in [1.29, 1.82) is 0 Å². The molecular formula is C11H13F13INO2. The highest BCUT2D eigenvalue weighted by molar-refractivity contribution is 14.0. The normalized spacial score (nSPS) is 17.7. The first-order valence-electron chi connectivity index (χ1n) is 6.54. The number of likely N-dealkylation sites (N-methyl/N-ethyl adjacent to an activating group) is 1. The summed E-state index contributed by atoms with van der Waals surface area (Å²) < 4.78 is 169. The van der Waals surface area contributed by atoms with Crippen molar-refractivity contribution in [2.24, 2.45) is 0 Å². The molecule has 0 bridgehead atoms. The minimum atomic E-state index is -7.54. The Labute approximate surface area is 165 Å². The smallest absolute Gasteiger partial charge is 0.367 e. The van der Waals surface area contributed by atoms with Crippen LogP contribution in [0.2, 0.25) is 0 Å². The van der Waals surface area contributed by atoms with Crippen LogP contribution >= 0.6 is 24.0 Å². The number of hydrogen-bond acceptors (Lipinski definition) is 3. The Morgan fingerprint density at radius 3 is 1.43 bits per heavy atom. The standard InChI is InChI=1S/C11H12F13NO2.HI/c1-25(2-3(26)27)7(16)9(19,20)11(23,24)10(21,22)8(17,18)5(13)4(12)6(14)15;/h3-7,26-27H,2H2,1H3;1H. The monoisotopic (exact) mass is 565 g/mol. The van der Waals surface area contributed by atoms with Crippen molar-refractivity contribution in [1.82, 2.24) is 4.90 Å². The first-order chi connectivity index (χ1) is 11.8. The second kappa shape index (κ2) is 9.67. The highest BCUT2D eigenvalue weighted by Crippen LogP contribution is 2.56. The van der Waals surface area contributed by atoms with Crippen LogP contribution in [0.5, 0.6) is 0 Å². The lowest BCUT2D eigenvalue weighted by Crippen LogP contribution is -2.69. The van der Waals surface area contributed by atoms with E-state index in [4.69, 9.17) is 10.2 Å². The molecule has 0 fully saturated rings. The van der Waals surface area contributed by atoms with E-state index in [1.165, 1.54) is 0 Å². The zero-order valence-electron chi connectivity index (χ0n) is 13.3. The molecule has 2 N–H and O–H groups in total. The maximum atomic E-state index is 13.4. The third-order valence-electron chi connectivity index (χ3n) is 3.24. The van der Waals surface area contributed by atoms with E-state index in [1.807, 2.05) is 0 Å². The van der Waals surface area contributed by atoms with E-state index in [2.05, 4.69) is 0 Å². The lowest BCUT2D eigenvalue weighted by molar-refractivity contribution is -0.393. The van der Waals surface area contributed by atoms with Gasteiger partial charge in [-0.3, -0.25) is 4.90 Å². The van der Waals surface area contributed by atoms with Crippen molar-refractivity contribution < 1.29 is 67.3 Å². The highest BCUT2D eigenvalue weighted by Gasteiger charge is 2.85. The first-order valence-corrected chi connectivity index (χ1v) is 6.54. The van der Waals surface area contributed by atoms with Crippen molar-refractivity contribution in [2.75, 3.05) is 13.6 Å². The summed E-state index contributed by atoms with van der Waals surface area (Å²) in [6.45, 7) is -1.58. The molecule has 3 nitrogen and oxygen atoms in total. The van der Waals surface area contributed by atoms with Crippen molar-refractivity contribution in [3.05, 3.63) is 0 Å². The summed E-state index contributed by atoms with van der Waals surface area (Å²) in [5.74, 6) is -28.8. The Kier molecular flexibility index (Phi) is 10.3. The van der Waals surface area contributed by atoms with E-state index in [0.717, 1.165) is 0 Å². The molecule has 0 saturated carbocycles. The zero-order chi connectivity index (χ0) is 22.2. The van der Waals surface area contributed by atoms with E-state index >= 15 is 0 Å². The quantitative estimate of drug-likeness (QED) is 0.184. The maximum absolute atomic E-state index is 13.4. The number of halogens is 14. The third-order valence-corrected chi connectivity index (χ3v) is 3.24. The van der Waals surface area contributed by atoms with Crippen molar-refractivity contribution >= 4 is 24.0 Å². The number of rotatable bonds is 10. The van der Waals surface area contributed by atoms with Gasteiger partial charge < -0.3 is 10.2 Å². The Bertz CT molecular complexity index is 493. The fourth-order valence-electron chi connectivity index (χ4n) is 1.70. The van der Waals surface area contributed by atoms with Gasteiger partial charge in [-0.15, -0.1) is 24.0 Å². The van der Waals surface area contributed by atoms with E-state index < -0.39 is 66.5 Å². The SMILES string of the molecule is CN(CC(O)O)C(F)C(F)(F)C(F)(F)C(F)(F)C(F)(F)C(F)C(F)C(F)F.I. The summed E-state index contributed by atoms with van der Waals surface area (Å²) in [6, 6.07) is 0. The molecule has 0 aliphatic carbocycles. The second-order valence-electron chi connectivity index (χ2n) is 5.33. The minimum absolute atomic E-state index is 0. The molecule has 3 unspecified atom stereocenters. The fourth-order valence-corrected chi connectivity index (χ4v) is 1.70. The number of alkyl halides is 13. The van der Waals surface area contributed by atoms with Gasteiger partial charge in [-0.25, -0.2) is 22.0 Å². The van der Waals surface area contributed by atoms with Gasteiger partial charge in [0.05, 0.1) is 6.54 Å². The number of aliphatic hydroxyl groups excluding tert-OH is 1. The van der Waals surface area contributed by atoms with Gasteiger partial charge in [0.15, 0.2) is 12.5 Å². The largest absolute Gasteiger partial charge is 0.382 e. The van der Waals surface area contributed by atoms with Crippen LogP contribution < -0.4 is 0 Å². The molecule has 0 amide bonds. The number of nitrogens with zero attached hydrogens (tertiary/aromatic N) is 1. The molecule has 0 heterocycles. The zero-order valence-corrected chi connectivity index (χ0v) is 15.6. The predicted octanol–water partition coefficient (Wildman–Crippen LogP) is 3.63. The molecule has 0 aromatic rings. The van der Waals surface area contributed by atoms with Gasteiger partial charge in [0.25, 0.3) is 6.43 Å². The van der Waals surface area contributed by atoms with Crippen molar-refractivity contribution in [2.45, 2.75) is 55.0 Å². The Balaban J connectivity index is 0. The predicted molar refractivity (Wildman–Crippen MR) is 76.8 cm³/mol. The summed E-state index contributed by atoms with van der Waals surface area (Å²) in [7, 11) is 0.136. The van der Waals surface area contributed by atoms with Crippen LogP contribution in [0.4, 0.5) is 57.1 Å². The molecule has 0 spiro atoms. The molecule has 0 aromatic heterocycles. The fraction of sp³-hybridized carbons (Fsp3) is 1.00. The van der Waals surface area contributed by atoms with Crippen LogP contribution in [0.15, 0.2) is 0 Å². The van der Waals surface area contributed by atoms with Crippen LogP contribution in [0.1, 0.15) is 0 Å². The lowest BCUT2D eigenvalue weighted by atomic mass is 9.93. The third kappa shape index (κ3) is 5.24. The molecule has 28 heavy (non-hydrogen) atoms. The van der Waals surface area contributed by atoms with Crippen LogP contribution in [0.25, 0.3) is 0 Å². The molecule has 0 aliphatic heterocycles. The molecule has 0 aliphatic rings. The van der Waals surface area contributed by atoms with Gasteiger partial charge in [-0.1, -0.05) is 0 Å². The molecule has 0 radical (unpaired) electrons. The van der Waals surface area contributed by atoms with Gasteiger partial charge in [0.2, 0.25) is 12.5 Å². The molecule has 0 rings (SSSR count). The second-order valence-corrected chi connectivity index (χ2v) is 5.33. The van der Waals surface area contributed by atoms with Crippen LogP contribution in [-0.4, -0.2) is 83.7 Å². The van der Waals surface area contributed by atoms with E-state index in [9.17, 15) is 57.1 Å². The summed E-state index contributed by atoms with van der Waals surface area (Å²) in [5.41, 5.74) is 0. The topological polar surface area (TPSA) is 43.7 Å². The maximum Gasteiger partial charge on any atom is 0.382 e. The summed E-state index contributed by atoms with van der Waals surface area (Å²) in [5, 5.41) is 16.8. The van der Waals surface area contributed by atoms with Gasteiger partial charge in [0.1, 0.15) is 0 Å². The first kappa shape index (κ1) is 29.9.